The van der Waals surface area contributed by atoms with Gasteiger partial charge in [0.15, 0.2) is 0 Å². The molecular weight excluding hydrogens is 438 g/mol. The Morgan fingerprint density at radius 2 is 1.24 bits per heavy atom. The maximum Gasteiger partial charge on any atom is 0.321 e. The minimum absolute atomic E-state index is 0.0254. The van der Waals surface area contributed by atoms with Crippen molar-refractivity contribution in [3.8, 4) is 16.9 Å². The third-order valence-corrected chi connectivity index (χ3v) is 5.22. The quantitative estimate of drug-likeness (QED) is 0.373. The van der Waals surface area contributed by atoms with E-state index in [1.165, 1.54) is 0 Å². The normalized spacial score (nSPS) is 11.7. The zero-order chi connectivity index (χ0) is 24.5. The molecule has 0 heterocycles. The lowest BCUT2D eigenvalue weighted by Crippen LogP contribution is -2.47. The van der Waals surface area contributed by atoms with Gasteiger partial charge in [0.1, 0.15) is 18.4 Å². The molecule has 0 aliphatic rings. The van der Waals surface area contributed by atoms with Gasteiger partial charge in [-0.25, -0.2) is 0 Å². The number of nitrogens with zero attached hydrogens (tertiary/aromatic N) is 1. The fraction of sp³-hybridized carbons (Fsp3) is 0.192. The van der Waals surface area contributed by atoms with E-state index in [2.05, 4.69) is 0 Å². The highest BCUT2D eigenvalue weighted by Gasteiger charge is 2.29. The lowest BCUT2D eigenvalue weighted by molar-refractivity contribution is -0.149. The summed E-state index contributed by atoms with van der Waals surface area (Å²) in [5.74, 6) is -3.12. The molecule has 3 aromatic carbocycles. The van der Waals surface area contributed by atoms with Gasteiger partial charge in [0.2, 0.25) is 0 Å². The van der Waals surface area contributed by atoms with Crippen LogP contribution in [0.25, 0.3) is 11.1 Å². The van der Waals surface area contributed by atoms with Crippen LogP contribution in [0.4, 0.5) is 0 Å². The van der Waals surface area contributed by atoms with Gasteiger partial charge in [-0.15, -0.1) is 0 Å². The summed E-state index contributed by atoms with van der Waals surface area (Å²) in [6.45, 7) is -0.888. The molecule has 3 rings (SSSR count). The molecule has 8 heteroatoms. The maximum atomic E-state index is 11.7. The van der Waals surface area contributed by atoms with Crippen molar-refractivity contribution in [1.29, 1.82) is 0 Å². The Morgan fingerprint density at radius 3 is 1.74 bits per heavy atom. The highest BCUT2D eigenvalue weighted by molar-refractivity contribution is 5.78. The van der Waals surface area contributed by atoms with E-state index in [4.69, 9.17) is 14.9 Å². The number of ether oxygens (including phenoxy) is 1. The van der Waals surface area contributed by atoms with E-state index in [9.17, 15) is 19.5 Å². The predicted octanol–water partition coefficient (Wildman–Crippen LogP) is 3.40. The van der Waals surface area contributed by atoms with E-state index in [1.807, 2.05) is 66.7 Å². The van der Waals surface area contributed by atoms with Crippen LogP contribution < -0.4 is 4.74 Å². The third-order valence-electron chi connectivity index (χ3n) is 5.22. The topological polar surface area (TPSA) is 124 Å². The Labute approximate surface area is 196 Å². The lowest BCUT2D eigenvalue weighted by Gasteiger charge is -2.25. The van der Waals surface area contributed by atoms with Crippen molar-refractivity contribution < 1.29 is 34.4 Å². The van der Waals surface area contributed by atoms with Crippen LogP contribution in [0.15, 0.2) is 78.9 Å². The smallest absolute Gasteiger partial charge is 0.321 e. The minimum atomic E-state index is -1.29. The van der Waals surface area contributed by atoms with Crippen molar-refractivity contribution in [3.63, 3.8) is 0 Å². The van der Waals surface area contributed by atoms with Crippen LogP contribution in [0.2, 0.25) is 0 Å². The average Bonchev–Trinajstić information content (AvgIpc) is 2.81. The van der Waals surface area contributed by atoms with E-state index >= 15 is 0 Å². The summed E-state index contributed by atoms with van der Waals surface area (Å²) in [6, 6.07) is 23.4. The SMILES string of the molecule is O=C(O)CN(CC(=O)O)C(Cc1ccc(-c2ccc(OCc3ccccc3)cc2)cc1)C(=O)O. The van der Waals surface area contributed by atoms with Gasteiger partial charge >= 0.3 is 17.9 Å². The van der Waals surface area contributed by atoms with Crippen molar-refractivity contribution in [2.45, 2.75) is 19.1 Å². The Bertz CT molecular complexity index is 1100. The molecule has 0 radical (unpaired) electrons. The first-order valence-electron chi connectivity index (χ1n) is 10.6. The number of rotatable bonds is 12. The second-order valence-electron chi connectivity index (χ2n) is 7.75. The maximum absolute atomic E-state index is 11.7. The first kappa shape index (κ1) is 24.5. The lowest BCUT2D eigenvalue weighted by atomic mass is 10.00. The molecule has 0 aliphatic carbocycles. The van der Waals surface area contributed by atoms with Crippen LogP contribution in [-0.2, 0) is 27.4 Å². The van der Waals surface area contributed by atoms with Gasteiger partial charge in [0, 0.05) is 0 Å². The molecule has 1 unspecified atom stereocenters. The van der Waals surface area contributed by atoms with E-state index in [1.54, 1.807) is 12.1 Å². The van der Waals surface area contributed by atoms with Crippen LogP contribution in [0, 0.1) is 0 Å². The highest BCUT2D eigenvalue weighted by atomic mass is 16.5. The number of carboxylic acid groups (broad SMARTS) is 3. The van der Waals surface area contributed by atoms with E-state index < -0.39 is 37.0 Å². The molecule has 8 nitrogen and oxygen atoms in total. The fourth-order valence-electron chi connectivity index (χ4n) is 3.54. The van der Waals surface area contributed by atoms with E-state index in [0.29, 0.717) is 12.2 Å². The average molecular weight is 463 g/mol. The number of carboxylic acids is 3. The molecule has 176 valence electrons. The number of hydrogen-bond donors (Lipinski definition) is 3. The Balaban J connectivity index is 1.66. The first-order valence-corrected chi connectivity index (χ1v) is 10.6. The van der Waals surface area contributed by atoms with Crippen LogP contribution in [-0.4, -0.2) is 57.3 Å². The Morgan fingerprint density at radius 1 is 0.706 bits per heavy atom. The minimum Gasteiger partial charge on any atom is -0.489 e. The zero-order valence-corrected chi connectivity index (χ0v) is 18.3. The number of benzene rings is 3. The molecule has 0 saturated carbocycles. The van der Waals surface area contributed by atoms with Crippen molar-refractivity contribution in [2.75, 3.05) is 13.1 Å². The molecule has 3 N–H and O–H groups in total. The third kappa shape index (κ3) is 7.18. The van der Waals surface area contributed by atoms with Gasteiger partial charge in [-0.2, -0.15) is 0 Å². The van der Waals surface area contributed by atoms with Gasteiger partial charge in [0.05, 0.1) is 13.1 Å². The molecule has 0 fully saturated rings. The first-order chi connectivity index (χ1) is 16.3. The molecule has 0 bridgehead atoms. The molecule has 0 aliphatic heterocycles. The fourth-order valence-corrected chi connectivity index (χ4v) is 3.54. The zero-order valence-electron chi connectivity index (χ0n) is 18.3. The summed E-state index contributed by atoms with van der Waals surface area (Å²) in [5.41, 5.74) is 3.59. The van der Waals surface area contributed by atoms with Crippen molar-refractivity contribution in [1.82, 2.24) is 4.90 Å². The van der Waals surface area contributed by atoms with Gasteiger partial charge in [-0.1, -0.05) is 66.7 Å². The summed E-state index contributed by atoms with van der Waals surface area (Å²) >= 11 is 0. The van der Waals surface area contributed by atoms with Crippen LogP contribution >= 0.6 is 0 Å². The second-order valence-corrected chi connectivity index (χ2v) is 7.75. The number of carbonyl (C=O) groups is 3. The summed E-state index contributed by atoms with van der Waals surface area (Å²) in [7, 11) is 0. The highest BCUT2D eigenvalue weighted by Crippen LogP contribution is 2.24. The Hall–Kier alpha value is -4.17. The summed E-state index contributed by atoms with van der Waals surface area (Å²) in [6.07, 6.45) is -0.0254. The van der Waals surface area contributed by atoms with Gasteiger partial charge in [-0.05, 0) is 40.8 Å². The monoisotopic (exact) mass is 463 g/mol. The van der Waals surface area contributed by atoms with E-state index in [0.717, 1.165) is 27.3 Å². The van der Waals surface area contributed by atoms with Gasteiger partial charge in [-0.3, -0.25) is 19.3 Å². The van der Waals surface area contributed by atoms with Crippen molar-refractivity contribution >= 4 is 17.9 Å². The number of aliphatic carboxylic acids is 3. The predicted molar refractivity (Wildman–Crippen MR) is 125 cm³/mol. The van der Waals surface area contributed by atoms with Crippen LogP contribution in [0.3, 0.4) is 0 Å². The largest absolute Gasteiger partial charge is 0.489 e. The van der Waals surface area contributed by atoms with Crippen molar-refractivity contribution in [3.05, 3.63) is 90.0 Å². The molecule has 3 aromatic rings. The standard InChI is InChI=1S/C26H25NO7/c28-24(29)15-27(16-25(30)31)23(26(32)33)14-18-6-8-20(9-7-18)21-10-12-22(13-11-21)34-17-19-4-2-1-3-5-19/h1-13,23H,14-17H2,(H,28,29)(H,30,31)(H,32,33). The summed E-state index contributed by atoms with van der Waals surface area (Å²) in [5, 5.41) is 27.6. The molecular formula is C26H25NO7. The molecule has 0 amide bonds. The molecule has 0 saturated heterocycles. The van der Waals surface area contributed by atoms with E-state index in [-0.39, 0.29) is 6.42 Å². The molecule has 34 heavy (non-hydrogen) atoms. The molecule has 1 atom stereocenters. The number of hydrogen-bond acceptors (Lipinski definition) is 5. The van der Waals surface area contributed by atoms with Crippen LogP contribution in [0.1, 0.15) is 11.1 Å². The summed E-state index contributed by atoms with van der Waals surface area (Å²) in [4.78, 5) is 34.8. The van der Waals surface area contributed by atoms with Crippen molar-refractivity contribution in [2.24, 2.45) is 0 Å². The molecule has 0 spiro atoms. The molecule has 0 aromatic heterocycles. The van der Waals surface area contributed by atoms with Gasteiger partial charge in [0.25, 0.3) is 0 Å². The van der Waals surface area contributed by atoms with Crippen LogP contribution in [0.5, 0.6) is 5.75 Å². The second kappa shape index (κ2) is 11.6. The Kier molecular flexibility index (Phi) is 8.37. The summed E-state index contributed by atoms with van der Waals surface area (Å²) < 4.78 is 5.80. The van der Waals surface area contributed by atoms with Gasteiger partial charge < -0.3 is 20.1 Å².